The molecule has 7 heteroatoms. The van der Waals surface area contributed by atoms with Gasteiger partial charge in [-0.25, -0.2) is 4.39 Å². The van der Waals surface area contributed by atoms with Gasteiger partial charge in [0.1, 0.15) is 17.6 Å². The summed E-state index contributed by atoms with van der Waals surface area (Å²) in [5, 5.41) is 8.90. The number of nitrogens with one attached hydrogen (secondary N) is 2. The van der Waals surface area contributed by atoms with Crippen molar-refractivity contribution >= 4 is 17.5 Å². The number of hydrogen-bond donors (Lipinski definition) is 2. The summed E-state index contributed by atoms with van der Waals surface area (Å²) in [6.07, 6.45) is 0. The molecule has 2 aromatic rings. The SMILES string of the molecule is Cc1cc(F)ccc1NC(=O)[C@H](C)NC(=O)c1cc(C(C)C)on1. The number of hydrogen-bond acceptors (Lipinski definition) is 4. The molecule has 2 rings (SSSR count). The summed E-state index contributed by atoms with van der Waals surface area (Å²) in [6.45, 7) is 7.08. The lowest BCUT2D eigenvalue weighted by Crippen LogP contribution is -2.41. The van der Waals surface area contributed by atoms with Crippen LogP contribution >= 0.6 is 0 Å². The number of amides is 2. The Morgan fingerprint density at radius 3 is 2.50 bits per heavy atom. The van der Waals surface area contributed by atoms with Gasteiger partial charge in [-0.2, -0.15) is 0 Å². The normalized spacial score (nSPS) is 12.1. The Labute approximate surface area is 139 Å². The second kappa shape index (κ2) is 7.25. The number of anilines is 1. The van der Waals surface area contributed by atoms with Crippen LogP contribution in [-0.2, 0) is 4.79 Å². The molecule has 1 aromatic carbocycles. The average molecular weight is 333 g/mol. The van der Waals surface area contributed by atoms with Crippen LogP contribution in [-0.4, -0.2) is 23.0 Å². The number of aryl methyl sites for hydroxylation is 1. The Hall–Kier alpha value is -2.70. The van der Waals surface area contributed by atoms with Crippen molar-refractivity contribution in [1.82, 2.24) is 10.5 Å². The van der Waals surface area contributed by atoms with Gasteiger partial charge in [0.05, 0.1) is 0 Å². The van der Waals surface area contributed by atoms with Gasteiger partial charge in [0, 0.05) is 17.7 Å². The summed E-state index contributed by atoms with van der Waals surface area (Å²) in [5.41, 5.74) is 1.21. The van der Waals surface area contributed by atoms with E-state index in [1.807, 2.05) is 13.8 Å². The van der Waals surface area contributed by atoms with E-state index < -0.39 is 17.9 Å². The number of nitrogens with zero attached hydrogens (tertiary/aromatic N) is 1. The van der Waals surface area contributed by atoms with Crippen LogP contribution in [0.25, 0.3) is 0 Å². The molecule has 0 aliphatic heterocycles. The van der Waals surface area contributed by atoms with Crippen LogP contribution < -0.4 is 10.6 Å². The van der Waals surface area contributed by atoms with E-state index in [-0.39, 0.29) is 17.4 Å². The molecule has 0 fully saturated rings. The second-order valence-corrected chi connectivity index (χ2v) is 5.91. The molecule has 1 atom stereocenters. The Morgan fingerprint density at radius 1 is 1.21 bits per heavy atom. The maximum atomic E-state index is 13.1. The number of halogens is 1. The van der Waals surface area contributed by atoms with Crippen LogP contribution in [0, 0.1) is 12.7 Å². The van der Waals surface area contributed by atoms with Crippen LogP contribution in [0.15, 0.2) is 28.8 Å². The van der Waals surface area contributed by atoms with E-state index >= 15 is 0 Å². The fourth-order valence-electron chi connectivity index (χ4n) is 2.01. The largest absolute Gasteiger partial charge is 0.360 e. The minimum Gasteiger partial charge on any atom is -0.360 e. The summed E-state index contributed by atoms with van der Waals surface area (Å²) < 4.78 is 18.1. The number of carbonyl (C=O) groups excluding carboxylic acids is 2. The predicted octanol–water partition coefficient (Wildman–Crippen LogP) is 3.00. The molecule has 1 heterocycles. The van der Waals surface area contributed by atoms with Gasteiger partial charge in [0.25, 0.3) is 5.91 Å². The fourth-order valence-corrected chi connectivity index (χ4v) is 2.01. The standard InChI is InChI=1S/C17H20FN3O3/c1-9(2)15-8-14(21-24-15)17(23)19-11(4)16(22)20-13-6-5-12(18)7-10(13)3/h5-9,11H,1-4H3,(H,19,23)(H,20,22)/t11-/m0/s1. The van der Waals surface area contributed by atoms with E-state index in [2.05, 4.69) is 15.8 Å². The van der Waals surface area contributed by atoms with Crippen molar-refractivity contribution in [3.8, 4) is 0 Å². The Bertz CT molecular complexity index is 755. The first-order chi connectivity index (χ1) is 11.3. The van der Waals surface area contributed by atoms with Gasteiger partial charge in [-0.3, -0.25) is 9.59 Å². The molecule has 0 saturated heterocycles. The van der Waals surface area contributed by atoms with Gasteiger partial charge in [-0.15, -0.1) is 0 Å². The van der Waals surface area contributed by atoms with Gasteiger partial charge in [-0.1, -0.05) is 19.0 Å². The van der Waals surface area contributed by atoms with Crippen LogP contribution in [0.5, 0.6) is 0 Å². The van der Waals surface area contributed by atoms with Crippen LogP contribution in [0.3, 0.4) is 0 Å². The monoisotopic (exact) mass is 333 g/mol. The minimum absolute atomic E-state index is 0.112. The van der Waals surface area contributed by atoms with Crippen molar-refractivity contribution in [1.29, 1.82) is 0 Å². The smallest absolute Gasteiger partial charge is 0.274 e. The zero-order valence-electron chi connectivity index (χ0n) is 14.0. The molecule has 0 saturated carbocycles. The zero-order valence-corrected chi connectivity index (χ0v) is 14.0. The van der Waals surface area contributed by atoms with Gasteiger partial charge >= 0.3 is 0 Å². The highest BCUT2D eigenvalue weighted by Gasteiger charge is 2.20. The van der Waals surface area contributed by atoms with Gasteiger partial charge in [0.2, 0.25) is 5.91 Å². The molecule has 0 aliphatic rings. The van der Waals surface area contributed by atoms with Gasteiger partial charge in [-0.05, 0) is 37.6 Å². The molecule has 0 spiro atoms. The van der Waals surface area contributed by atoms with Crippen LogP contribution in [0.4, 0.5) is 10.1 Å². The Kier molecular flexibility index (Phi) is 5.33. The third-order valence-electron chi connectivity index (χ3n) is 3.52. The molecule has 0 bridgehead atoms. The molecule has 0 unspecified atom stereocenters. The molecule has 2 N–H and O–H groups in total. The van der Waals surface area contributed by atoms with Crippen molar-refractivity contribution in [2.75, 3.05) is 5.32 Å². The lowest BCUT2D eigenvalue weighted by atomic mass is 10.1. The average Bonchev–Trinajstić information content (AvgIpc) is 3.00. The van der Waals surface area contributed by atoms with E-state index in [9.17, 15) is 14.0 Å². The fraction of sp³-hybridized carbons (Fsp3) is 0.353. The molecule has 0 aliphatic carbocycles. The van der Waals surface area contributed by atoms with Crippen LogP contribution in [0.2, 0.25) is 0 Å². The summed E-state index contributed by atoms with van der Waals surface area (Å²) in [7, 11) is 0. The number of rotatable bonds is 5. The Balaban J connectivity index is 1.98. The first-order valence-corrected chi connectivity index (χ1v) is 7.62. The molecule has 6 nitrogen and oxygen atoms in total. The minimum atomic E-state index is -0.791. The lowest BCUT2D eigenvalue weighted by Gasteiger charge is -2.14. The zero-order chi connectivity index (χ0) is 17.9. The quantitative estimate of drug-likeness (QED) is 0.881. The molecule has 0 radical (unpaired) electrons. The van der Waals surface area contributed by atoms with Crippen molar-refractivity contribution < 1.29 is 18.5 Å². The summed E-state index contributed by atoms with van der Waals surface area (Å²) in [4.78, 5) is 24.3. The molecule has 128 valence electrons. The molecular weight excluding hydrogens is 313 g/mol. The molecule has 24 heavy (non-hydrogen) atoms. The third-order valence-corrected chi connectivity index (χ3v) is 3.52. The maximum Gasteiger partial charge on any atom is 0.274 e. The van der Waals surface area contributed by atoms with Crippen molar-refractivity contribution in [2.45, 2.75) is 39.7 Å². The number of aromatic nitrogens is 1. The maximum absolute atomic E-state index is 13.1. The van der Waals surface area contributed by atoms with E-state index in [0.717, 1.165) is 0 Å². The van der Waals surface area contributed by atoms with Gasteiger partial charge < -0.3 is 15.2 Å². The highest BCUT2D eigenvalue weighted by molar-refractivity contribution is 6.00. The highest BCUT2D eigenvalue weighted by Crippen LogP contribution is 2.16. The second-order valence-electron chi connectivity index (χ2n) is 5.91. The summed E-state index contributed by atoms with van der Waals surface area (Å²) >= 11 is 0. The predicted molar refractivity (Wildman–Crippen MR) is 87.3 cm³/mol. The molecule has 2 amide bonds. The molecule has 1 aromatic heterocycles. The lowest BCUT2D eigenvalue weighted by molar-refractivity contribution is -0.117. The van der Waals surface area contributed by atoms with Crippen LogP contribution in [0.1, 0.15) is 48.5 Å². The first kappa shape index (κ1) is 17.7. The topological polar surface area (TPSA) is 84.2 Å². The molecular formula is C17H20FN3O3. The van der Waals surface area contributed by atoms with Crippen molar-refractivity contribution in [2.24, 2.45) is 0 Å². The summed E-state index contributed by atoms with van der Waals surface area (Å²) in [6, 6.07) is 4.82. The number of carbonyl (C=O) groups is 2. The van der Waals surface area contributed by atoms with Crippen molar-refractivity contribution in [3.05, 3.63) is 47.1 Å². The Morgan fingerprint density at radius 2 is 1.92 bits per heavy atom. The van der Waals surface area contributed by atoms with E-state index in [0.29, 0.717) is 17.0 Å². The highest BCUT2D eigenvalue weighted by atomic mass is 19.1. The van der Waals surface area contributed by atoms with E-state index in [4.69, 9.17) is 4.52 Å². The van der Waals surface area contributed by atoms with E-state index in [1.165, 1.54) is 18.2 Å². The number of benzene rings is 1. The first-order valence-electron chi connectivity index (χ1n) is 7.62. The van der Waals surface area contributed by atoms with E-state index in [1.54, 1.807) is 19.9 Å². The third kappa shape index (κ3) is 4.18. The van der Waals surface area contributed by atoms with Gasteiger partial charge in [0.15, 0.2) is 5.69 Å². The summed E-state index contributed by atoms with van der Waals surface area (Å²) in [5.74, 6) is -0.575. The van der Waals surface area contributed by atoms with Crippen molar-refractivity contribution in [3.63, 3.8) is 0 Å².